The van der Waals surface area contributed by atoms with Crippen molar-refractivity contribution in [3.8, 4) is 16.9 Å². The third-order valence-corrected chi connectivity index (χ3v) is 4.70. The van der Waals surface area contributed by atoms with Gasteiger partial charge in [0.05, 0.1) is 12.3 Å². The number of aromatic nitrogens is 2. The Labute approximate surface area is 175 Å². The predicted octanol–water partition coefficient (Wildman–Crippen LogP) is 3.08. The summed E-state index contributed by atoms with van der Waals surface area (Å²) in [4.78, 5) is 24.6. The van der Waals surface area contributed by atoms with Crippen molar-refractivity contribution in [3.05, 3.63) is 71.4 Å². The van der Waals surface area contributed by atoms with Crippen molar-refractivity contribution in [2.75, 3.05) is 26.9 Å². The highest BCUT2D eigenvalue weighted by molar-refractivity contribution is 5.97. The summed E-state index contributed by atoms with van der Waals surface area (Å²) in [5.74, 6) is -0.990. The van der Waals surface area contributed by atoms with Gasteiger partial charge in [0, 0.05) is 25.4 Å². The van der Waals surface area contributed by atoms with Crippen LogP contribution in [0.2, 0.25) is 0 Å². The van der Waals surface area contributed by atoms with Crippen LogP contribution >= 0.6 is 0 Å². The minimum atomic E-state index is -0.604. The van der Waals surface area contributed by atoms with Gasteiger partial charge in [-0.15, -0.1) is 0 Å². The van der Waals surface area contributed by atoms with Crippen LogP contribution in [0.25, 0.3) is 16.9 Å². The largest absolute Gasteiger partial charge is 0.452 e. The lowest BCUT2D eigenvalue weighted by Crippen LogP contribution is -2.31. The monoisotopic (exact) mass is 407 g/mol. The van der Waals surface area contributed by atoms with Crippen LogP contribution in [-0.2, 0) is 14.3 Å². The molecule has 0 atom stereocenters. The van der Waals surface area contributed by atoms with Gasteiger partial charge in [-0.1, -0.05) is 30.3 Å². The number of benzene rings is 2. The lowest BCUT2D eigenvalue weighted by Gasteiger charge is -2.07. The van der Waals surface area contributed by atoms with Crippen LogP contribution in [0.1, 0.15) is 21.5 Å². The van der Waals surface area contributed by atoms with E-state index in [1.807, 2.05) is 62.4 Å². The summed E-state index contributed by atoms with van der Waals surface area (Å²) in [6.45, 7) is 4.41. The van der Waals surface area contributed by atoms with Gasteiger partial charge in [-0.25, -0.2) is 9.48 Å². The number of esters is 1. The molecule has 0 aliphatic carbocycles. The quantitative estimate of drug-likeness (QED) is 0.458. The summed E-state index contributed by atoms with van der Waals surface area (Å²) in [5.41, 5.74) is 4.68. The minimum absolute atomic E-state index is 0.298. The van der Waals surface area contributed by atoms with Crippen LogP contribution in [0.15, 0.2) is 54.7 Å². The van der Waals surface area contributed by atoms with E-state index in [-0.39, 0.29) is 12.5 Å². The molecule has 0 unspecified atom stereocenters. The molecular formula is C23H25N3O4. The number of carbonyl (C=O) groups excluding carboxylic acids is 2. The highest BCUT2D eigenvalue weighted by atomic mass is 16.5. The van der Waals surface area contributed by atoms with E-state index < -0.39 is 5.97 Å². The summed E-state index contributed by atoms with van der Waals surface area (Å²) in [6, 6.07) is 15.4. The maximum Gasteiger partial charge on any atom is 0.342 e. The Kier molecular flexibility index (Phi) is 6.98. The van der Waals surface area contributed by atoms with E-state index in [9.17, 15) is 9.59 Å². The molecule has 0 fully saturated rings. The number of nitrogens with zero attached hydrogens (tertiary/aromatic N) is 2. The first-order valence-corrected chi connectivity index (χ1v) is 9.65. The van der Waals surface area contributed by atoms with Gasteiger partial charge in [-0.3, -0.25) is 4.79 Å². The molecular weight excluding hydrogens is 382 g/mol. The number of nitrogens with one attached hydrogen (secondary N) is 1. The number of hydrogen-bond donors (Lipinski definition) is 1. The van der Waals surface area contributed by atoms with Crippen molar-refractivity contribution < 1.29 is 19.1 Å². The average molecular weight is 407 g/mol. The van der Waals surface area contributed by atoms with Crippen LogP contribution < -0.4 is 5.32 Å². The van der Waals surface area contributed by atoms with E-state index in [1.54, 1.807) is 18.0 Å². The average Bonchev–Trinajstić information content (AvgIpc) is 3.20. The third-order valence-electron chi connectivity index (χ3n) is 4.70. The van der Waals surface area contributed by atoms with Gasteiger partial charge >= 0.3 is 5.97 Å². The zero-order chi connectivity index (χ0) is 21.5. The molecule has 0 aliphatic rings. The first-order valence-electron chi connectivity index (χ1n) is 9.65. The fraction of sp³-hybridized carbons (Fsp3) is 0.261. The number of hydrogen-bond acceptors (Lipinski definition) is 5. The third kappa shape index (κ3) is 5.12. The molecule has 1 N–H and O–H groups in total. The molecule has 0 saturated heterocycles. The Balaban J connectivity index is 1.87. The van der Waals surface area contributed by atoms with Gasteiger partial charge < -0.3 is 14.8 Å². The molecule has 0 spiro atoms. The van der Waals surface area contributed by atoms with Crippen molar-refractivity contribution in [3.63, 3.8) is 0 Å². The zero-order valence-electron chi connectivity index (χ0n) is 17.3. The first-order chi connectivity index (χ1) is 14.5. The van der Waals surface area contributed by atoms with E-state index in [0.29, 0.717) is 24.4 Å². The standard InChI is InChI=1S/C23H25N3O4/c1-16-9-10-18(13-17(16)2)22-20(14-26(25-22)19-7-5-4-6-8-19)23(28)30-15-21(27)24-11-12-29-3/h4-10,13-14H,11-12,15H2,1-3H3,(H,24,27). The molecule has 2 aromatic carbocycles. The molecule has 1 heterocycles. The van der Waals surface area contributed by atoms with Crippen molar-refractivity contribution in [2.45, 2.75) is 13.8 Å². The number of rotatable bonds is 8. The number of aryl methyl sites for hydroxylation is 2. The summed E-state index contributed by atoms with van der Waals surface area (Å²) in [7, 11) is 1.55. The number of ether oxygens (including phenoxy) is 2. The normalized spacial score (nSPS) is 10.6. The van der Waals surface area contributed by atoms with Crippen LogP contribution in [0, 0.1) is 13.8 Å². The maximum absolute atomic E-state index is 12.8. The Morgan fingerprint density at radius 1 is 1.07 bits per heavy atom. The fourth-order valence-electron chi connectivity index (χ4n) is 2.89. The first kappa shape index (κ1) is 21.3. The second-order valence-corrected chi connectivity index (χ2v) is 6.89. The molecule has 0 aliphatic heterocycles. The number of carbonyl (C=O) groups is 2. The highest BCUT2D eigenvalue weighted by Gasteiger charge is 2.21. The predicted molar refractivity (Wildman–Crippen MR) is 114 cm³/mol. The highest BCUT2D eigenvalue weighted by Crippen LogP contribution is 2.26. The van der Waals surface area contributed by atoms with Crippen LogP contribution in [0.4, 0.5) is 0 Å². The van der Waals surface area contributed by atoms with E-state index in [0.717, 1.165) is 22.4 Å². The molecule has 1 aromatic heterocycles. The SMILES string of the molecule is COCCNC(=O)COC(=O)c1cn(-c2ccccc2)nc1-c1ccc(C)c(C)c1. The molecule has 3 rings (SSSR count). The van der Waals surface area contributed by atoms with Crippen LogP contribution in [0.5, 0.6) is 0 Å². The molecule has 3 aromatic rings. The topological polar surface area (TPSA) is 82.5 Å². The Morgan fingerprint density at radius 2 is 1.83 bits per heavy atom. The van der Waals surface area contributed by atoms with Gasteiger partial charge in [0.15, 0.2) is 6.61 Å². The molecule has 0 radical (unpaired) electrons. The Bertz CT molecular complexity index is 1030. The van der Waals surface area contributed by atoms with Gasteiger partial charge in [-0.2, -0.15) is 5.10 Å². The number of para-hydroxylation sites is 1. The summed E-state index contributed by atoms with van der Waals surface area (Å²) in [5, 5.41) is 7.25. The van der Waals surface area contributed by atoms with Gasteiger partial charge in [0.25, 0.3) is 5.91 Å². The molecule has 7 nitrogen and oxygen atoms in total. The maximum atomic E-state index is 12.8. The summed E-state index contributed by atoms with van der Waals surface area (Å²) >= 11 is 0. The fourth-order valence-corrected chi connectivity index (χ4v) is 2.89. The molecule has 0 saturated carbocycles. The van der Waals surface area contributed by atoms with Crippen LogP contribution in [0.3, 0.4) is 0 Å². The lowest BCUT2D eigenvalue weighted by atomic mass is 10.0. The number of amides is 1. The van der Waals surface area contributed by atoms with Crippen molar-refractivity contribution in [1.29, 1.82) is 0 Å². The van der Waals surface area contributed by atoms with Gasteiger partial charge in [0.1, 0.15) is 11.3 Å². The van der Waals surface area contributed by atoms with E-state index in [1.165, 1.54) is 0 Å². The van der Waals surface area contributed by atoms with Crippen molar-refractivity contribution >= 4 is 11.9 Å². The molecule has 0 bridgehead atoms. The Morgan fingerprint density at radius 3 is 2.53 bits per heavy atom. The summed E-state index contributed by atoms with van der Waals surface area (Å²) in [6.07, 6.45) is 1.63. The number of methoxy groups -OCH3 is 1. The Hall–Kier alpha value is -3.45. The minimum Gasteiger partial charge on any atom is -0.452 e. The molecule has 30 heavy (non-hydrogen) atoms. The molecule has 1 amide bonds. The smallest absolute Gasteiger partial charge is 0.342 e. The van der Waals surface area contributed by atoms with E-state index in [2.05, 4.69) is 10.4 Å². The van der Waals surface area contributed by atoms with Crippen LogP contribution in [-0.4, -0.2) is 48.5 Å². The van der Waals surface area contributed by atoms with Gasteiger partial charge in [0.2, 0.25) is 0 Å². The second-order valence-electron chi connectivity index (χ2n) is 6.89. The van der Waals surface area contributed by atoms with E-state index in [4.69, 9.17) is 9.47 Å². The molecule has 7 heteroatoms. The zero-order valence-corrected chi connectivity index (χ0v) is 17.3. The molecule has 156 valence electrons. The van der Waals surface area contributed by atoms with Crippen molar-refractivity contribution in [2.24, 2.45) is 0 Å². The second kappa shape index (κ2) is 9.84. The van der Waals surface area contributed by atoms with E-state index >= 15 is 0 Å². The lowest BCUT2D eigenvalue weighted by molar-refractivity contribution is -0.124. The van der Waals surface area contributed by atoms with Crippen molar-refractivity contribution in [1.82, 2.24) is 15.1 Å². The summed E-state index contributed by atoms with van der Waals surface area (Å²) < 4.78 is 11.8. The van der Waals surface area contributed by atoms with Gasteiger partial charge in [-0.05, 0) is 43.2 Å².